The summed E-state index contributed by atoms with van der Waals surface area (Å²) in [6.07, 6.45) is 0.883. The summed E-state index contributed by atoms with van der Waals surface area (Å²) in [5, 5.41) is 11.3. The van der Waals surface area contributed by atoms with E-state index in [-0.39, 0.29) is 0 Å². The fourth-order valence-electron chi connectivity index (χ4n) is 1.73. The Morgan fingerprint density at radius 1 is 1.32 bits per heavy atom. The maximum atomic E-state index is 9.27. The molecule has 0 saturated heterocycles. The Bertz CT molecular complexity index is 558. The zero-order valence-electron chi connectivity index (χ0n) is 10.8. The molecule has 0 N–H and O–H groups in total. The molecule has 0 aliphatic heterocycles. The molecule has 0 aliphatic rings. The molecule has 4 heteroatoms. The number of nitrogens with zero attached hydrogens (tertiary/aromatic N) is 1. The Labute approximate surface area is 122 Å². The Morgan fingerprint density at radius 2 is 2.21 bits per heavy atom. The molecular formula is C15H15NOS2. The van der Waals surface area contributed by atoms with Crippen molar-refractivity contribution in [3.8, 4) is 11.8 Å². The van der Waals surface area contributed by atoms with E-state index in [1.54, 1.807) is 23.1 Å². The van der Waals surface area contributed by atoms with Gasteiger partial charge in [-0.05, 0) is 29.3 Å². The first kappa shape index (κ1) is 14.0. The van der Waals surface area contributed by atoms with Gasteiger partial charge in [-0.2, -0.15) is 5.26 Å². The van der Waals surface area contributed by atoms with Crippen LogP contribution >= 0.6 is 23.1 Å². The lowest BCUT2D eigenvalue weighted by Crippen LogP contribution is -2.02. The summed E-state index contributed by atoms with van der Waals surface area (Å²) in [4.78, 5) is 2.30. The summed E-state index contributed by atoms with van der Waals surface area (Å²) in [5.74, 6) is 1.64. The van der Waals surface area contributed by atoms with E-state index in [0.29, 0.717) is 17.9 Å². The molecule has 0 unspecified atom stereocenters. The average Bonchev–Trinajstić information content (AvgIpc) is 2.93. The van der Waals surface area contributed by atoms with E-state index in [4.69, 9.17) is 4.74 Å². The zero-order valence-corrected chi connectivity index (χ0v) is 12.4. The van der Waals surface area contributed by atoms with Crippen molar-refractivity contribution in [3.63, 3.8) is 0 Å². The van der Waals surface area contributed by atoms with Crippen LogP contribution in [0, 0.1) is 11.3 Å². The number of nitriles is 1. The van der Waals surface area contributed by atoms with Gasteiger partial charge in [0.05, 0.1) is 6.61 Å². The van der Waals surface area contributed by atoms with Gasteiger partial charge in [-0.1, -0.05) is 19.1 Å². The summed E-state index contributed by atoms with van der Waals surface area (Å²) >= 11 is 3.40. The molecule has 1 heterocycles. The van der Waals surface area contributed by atoms with E-state index in [0.717, 1.165) is 17.1 Å². The van der Waals surface area contributed by atoms with E-state index in [9.17, 15) is 5.26 Å². The van der Waals surface area contributed by atoms with Crippen molar-refractivity contribution >= 4 is 23.1 Å². The largest absolute Gasteiger partial charge is 0.492 e. The van der Waals surface area contributed by atoms with Crippen molar-refractivity contribution < 1.29 is 4.74 Å². The number of thioether (sulfide) groups is 1. The minimum absolute atomic E-state index is 0.607. The lowest BCUT2D eigenvalue weighted by Gasteiger charge is -2.10. The molecular weight excluding hydrogens is 274 g/mol. The molecule has 0 spiro atoms. The fraction of sp³-hybridized carbons (Fsp3) is 0.267. The molecule has 1 aromatic heterocycles. The first-order valence-electron chi connectivity index (χ1n) is 6.16. The molecule has 2 nitrogen and oxygen atoms in total. The highest BCUT2D eigenvalue weighted by Gasteiger charge is 2.09. The number of thiophene rings is 1. The SMILES string of the molecule is CCSc1cccc(OCCc2cccs2)c1C#N. The lowest BCUT2D eigenvalue weighted by atomic mass is 10.2. The van der Waals surface area contributed by atoms with Crippen LogP contribution in [0.25, 0.3) is 0 Å². The van der Waals surface area contributed by atoms with Crippen LogP contribution in [0.4, 0.5) is 0 Å². The van der Waals surface area contributed by atoms with Crippen molar-refractivity contribution in [1.29, 1.82) is 5.26 Å². The Balaban J connectivity index is 2.03. The Morgan fingerprint density at radius 3 is 2.89 bits per heavy atom. The van der Waals surface area contributed by atoms with Crippen LogP contribution in [0.5, 0.6) is 5.75 Å². The van der Waals surface area contributed by atoms with E-state index in [2.05, 4.69) is 24.4 Å². The van der Waals surface area contributed by atoms with E-state index < -0.39 is 0 Å². The molecule has 1 aromatic carbocycles. The van der Waals surface area contributed by atoms with Gasteiger partial charge < -0.3 is 4.74 Å². The van der Waals surface area contributed by atoms with Crippen LogP contribution < -0.4 is 4.74 Å². The molecule has 0 radical (unpaired) electrons. The van der Waals surface area contributed by atoms with Gasteiger partial charge in [0.2, 0.25) is 0 Å². The molecule has 0 aliphatic carbocycles. The summed E-state index contributed by atoms with van der Waals surface area (Å²) in [6.45, 7) is 2.69. The van der Waals surface area contributed by atoms with E-state index in [1.165, 1.54) is 4.88 Å². The topological polar surface area (TPSA) is 33.0 Å². The van der Waals surface area contributed by atoms with Crippen LogP contribution in [-0.2, 0) is 6.42 Å². The first-order valence-corrected chi connectivity index (χ1v) is 8.02. The first-order chi connectivity index (χ1) is 9.35. The molecule has 19 heavy (non-hydrogen) atoms. The molecule has 0 atom stereocenters. The van der Waals surface area contributed by atoms with Crippen molar-refractivity contribution in [2.75, 3.05) is 12.4 Å². The number of rotatable bonds is 6. The minimum Gasteiger partial charge on any atom is -0.492 e. The number of benzene rings is 1. The lowest BCUT2D eigenvalue weighted by molar-refractivity contribution is 0.321. The van der Waals surface area contributed by atoms with Gasteiger partial charge in [0.25, 0.3) is 0 Å². The predicted octanol–water partition coefficient (Wildman–Crippen LogP) is 4.35. The standard InChI is InChI=1S/C15H15NOS2/c1-2-18-15-7-3-6-14(13(15)11-16)17-9-8-12-5-4-10-19-12/h3-7,10H,2,8-9H2,1H3. The van der Waals surface area contributed by atoms with Gasteiger partial charge in [0.15, 0.2) is 0 Å². The van der Waals surface area contributed by atoms with Crippen molar-refractivity contribution in [2.45, 2.75) is 18.2 Å². The van der Waals surface area contributed by atoms with Crippen LogP contribution in [0.2, 0.25) is 0 Å². The van der Waals surface area contributed by atoms with Gasteiger partial charge in [-0.25, -0.2) is 0 Å². The van der Waals surface area contributed by atoms with Crippen LogP contribution in [0.3, 0.4) is 0 Å². The maximum Gasteiger partial charge on any atom is 0.138 e. The normalized spacial score (nSPS) is 10.1. The molecule has 0 amide bonds. The second kappa shape index (κ2) is 7.22. The van der Waals surface area contributed by atoms with Crippen molar-refractivity contribution in [3.05, 3.63) is 46.2 Å². The van der Waals surface area contributed by atoms with Gasteiger partial charge in [0, 0.05) is 16.2 Å². The van der Waals surface area contributed by atoms with Crippen LogP contribution in [0.15, 0.2) is 40.6 Å². The van der Waals surface area contributed by atoms with Gasteiger partial charge in [-0.3, -0.25) is 0 Å². The smallest absolute Gasteiger partial charge is 0.138 e. The van der Waals surface area contributed by atoms with Crippen molar-refractivity contribution in [2.24, 2.45) is 0 Å². The summed E-state index contributed by atoms with van der Waals surface area (Å²) < 4.78 is 5.76. The fourth-order valence-corrected chi connectivity index (χ4v) is 3.20. The van der Waals surface area contributed by atoms with Gasteiger partial charge in [0.1, 0.15) is 17.4 Å². The molecule has 0 saturated carbocycles. The quantitative estimate of drug-likeness (QED) is 0.741. The average molecular weight is 289 g/mol. The van der Waals surface area contributed by atoms with Gasteiger partial charge in [-0.15, -0.1) is 23.1 Å². The number of hydrogen-bond acceptors (Lipinski definition) is 4. The summed E-state index contributed by atoms with van der Waals surface area (Å²) in [5.41, 5.74) is 0.653. The number of hydrogen-bond donors (Lipinski definition) is 0. The Hall–Kier alpha value is -1.44. The van der Waals surface area contributed by atoms with Crippen LogP contribution in [0.1, 0.15) is 17.4 Å². The number of ether oxygens (including phenoxy) is 1. The highest BCUT2D eigenvalue weighted by molar-refractivity contribution is 7.99. The molecule has 2 rings (SSSR count). The van der Waals surface area contributed by atoms with Crippen molar-refractivity contribution in [1.82, 2.24) is 0 Å². The Kier molecular flexibility index (Phi) is 5.31. The third-order valence-electron chi connectivity index (χ3n) is 2.59. The highest BCUT2D eigenvalue weighted by atomic mass is 32.2. The summed E-state index contributed by atoms with van der Waals surface area (Å²) in [7, 11) is 0. The second-order valence-corrected chi connectivity index (χ2v) is 6.19. The molecule has 0 fully saturated rings. The van der Waals surface area contributed by atoms with Crippen LogP contribution in [-0.4, -0.2) is 12.4 Å². The van der Waals surface area contributed by atoms with E-state index in [1.807, 2.05) is 24.3 Å². The highest BCUT2D eigenvalue weighted by Crippen LogP contribution is 2.29. The van der Waals surface area contributed by atoms with E-state index >= 15 is 0 Å². The molecule has 2 aromatic rings. The molecule has 98 valence electrons. The maximum absolute atomic E-state index is 9.27. The minimum atomic E-state index is 0.607. The third-order valence-corrected chi connectivity index (χ3v) is 4.46. The molecule has 0 bridgehead atoms. The second-order valence-electron chi connectivity index (χ2n) is 3.85. The predicted molar refractivity (Wildman–Crippen MR) is 81.1 cm³/mol. The zero-order chi connectivity index (χ0) is 13.5. The van der Waals surface area contributed by atoms with Gasteiger partial charge >= 0.3 is 0 Å². The monoisotopic (exact) mass is 289 g/mol. The third kappa shape index (κ3) is 3.76. The summed E-state index contributed by atoms with van der Waals surface area (Å²) in [6, 6.07) is 12.2.